The molecule has 3 rings (SSSR count). The first-order valence-corrected chi connectivity index (χ1v) is 8.05. The Morgan fingerprint density at radius 2 is 1.82 bits per heavy atom. The van der Waals surface area contributed by atoms with E-state index in [1.165, 1.54) is 10.3 Å². The maximum atomic E-state index is 6.31. The Hall–Kier alpha value is -1.55. The van der Waals surface area contributed by atoms with Gasteiger partial charge in [0.15, 0.2) is 0 Å². The van der Waals surface area contributed by atoms with Gasteiger partial charge in [-0.15, -0.1) is 23.7 Å². The van der Waals surface area contributed by atoms with Gasteiger partial charge in [0.05, 0.1) is 0 Å². The van der Waals surface area contributed by atoms with Crippen LogP contribution in [0.2, 0.25) is 0 Å². The molecule has 0 saturated heterocycles. The number of hydrogen-bond acceptors (Lipinski definition) is 3. The van der Waals surface area contributed by atoms with Crippen molar-refractivity contribution >= 4 is 34.5 Å². The summed E-state index contributed by atoms with van der Waals surface area (Å²) in [6, 6.07) is 18.7. The Kier molecular flexibility index (Phi) is 5.83. The Morgan fingerprint density at radius 1 is 1.05 bits per heavy atom. The van der Waals surface area contributed by atoms with E-state index in [4.69, 9.17) is 10.5 Å². The second-order valence-electron chi connectivity index (χ2n) is 5.31. The van der Waals surface area contributed by atoms with Gasteiger partial charge in [0.2, 0.25) is 0 Å². The van der Waals surface area contributed by atoms with E-state index in [-0.39, 0.29) is 24.6 Å². The fourth-order valence-electron chi connectivity index (χ4n) is 2.49. The van der Waals surface area contributed by atoms with Crippen LogP contribution in [-0.4, -0.2) is 6.04 Å². The van der Waals surface area contributed by atoms with Gasteiger partial charge >= 0.3 is 0 Å². The summed E-state index contributed by atoms with van der Waals surface area (Å²) in [5.41, 5.74) is 5.99. The number of halogens is 1. The first-order chi connectivity index (χ1) is 10.2. The van der Waals surface area contributed by atoms with Gasteiger partial charge in [0.1, 0.15) is 11.9 Å². The zero-order valence-electron chi connectivity index (χ0n) is 12.4. The first-order valence-electron chi connectivity index (χ1n) is 7.17. The number of ether oxygens (including phenoxy) is 1. The van der Waals surface area contributed by atoms with Crippen LogP contribution in [0.15, 0.2) is 60.0 Å². The molecule has 0 fully saturated rings. The molecule has 0 radical (unpaired) electrons. The summed E-state index contributed by atoms with van der Waals surface area (Å²) in [6.07, 6.45) is 0.819. The molecular formula is C18H20ClNOS. The smallest absolute Gasteiger partial charge is 0.134 e. The van der Waals surface area contributed by atoms with Crippen LogP contribution in [0, 0.1) is 0 Å². The molecule has 0 aliphatic heterocycles. The molecule has 0 aliphatic rings. The van der Waals surface area contributed by atoms with Crippen molar-refractivity contribution in [3.8, 4) is 5.75 Å². The van der Waals surface area contributed by atoms with Crippen LogP contribution >= 0.6 is 23.7 Å². The zero-order chi connectivity index (χ0) is 14.7. The van der Waals surface area contributed by atoms with Crippen LogP contribution in [0.4, 0.5) is 0 Å². The highest BCUT2D eigenvalue weighted by molar-refractivity contribution is 7.10. The third kappa shape index (κ3) is 3.80. The highest BCUT2D eigenvalue weighted by atomic mass is 35.5. The molecule has 0 amide bonds. The minimum absolute atomic E-state index is 0. The topological polar surface area (TPSA) is 35.2 Å². The van der Waals surface area contributed by atoms with Crippen LogP contribution in [0.25, 0.3) is 10.8 Å². The summed E-state index contributed by atoms with van der Waals surface area (Å²) < 4.78 is 6.31. The third-order valence-electron chi connectivity index (χ3n) is 3.47. The lowest BCUT2D eigenvalue weighted by molar-refractivity contribution is 0.193. The molecule has 4 heteroatoms. The van der Waals surface area contributed by atoms with Crippen molar-refractivity contribution in [3.63, 3.8) is 0 Å². The zero-order valence-corrected chi connectivity index (χ0v) is 14.1. The molecule has 0 bridgehead atoms. The lowest BCUT2D eigenvalue weighted by Gasteiger charge is -2.21. The first kappa shape index (κ1) is 16.8. The second-order valence-corrected chi connectivity index (χ2v) is 6.29. The fraction of sp³-hybridized carbons (Fsp3) is 0.222. The Morgan fingerprint density at radius 3 is 2.55 bits per heavy atom. The lowest BCUT2D eigenvalue weighted by atomic mass is 10.1. The molecule has 2 N–H and O–H groups in total. The minimum atomic E-state index is 0. The molecule has 1 aromatic heterocycles. The summed E-state index contributed by atoms with van der Waals surface area (Å²) in [7, 11) is 0. The lowest BCUT2D eigenvalue weighted by Crippen LogP contribution is -2.21. The number of benzene rings is 2. The predicted molar refractivity (Wildman–Crippen MR) is 97.2 cm³/mol. The molecular weight excluding hydrogens is 314 g/mol. The van der Waals surface area contributed by atoms with Gasteiger partial charge in [-0.2, -0.15) is 0 Å². The minimum Gasteiger partial charge on any atom is -0.484 e. The summed E-state index contributed by atoms with van der Waals surface area (Å²) in [6.45, 7) is 2.02. The molecule has 0 saturated carbocycles. The van der Waals surface area contributed by atoms with Crippen molar-refractivity contribution < 1.29 is 4.74 Å². The molecule has 2 unspecified atom stereocenters. The normalized spacial score (nSPS) is 13.4. The van der Waals surface area contributed by atoms with Crippen molar-refractivity contribution in [1.29, 1.82) is 0 Å². The summed E-state index contributed by atoms with van der Waals surface area (Å²) in [5.74, 6) is 0.923. The Bertz CT molecular complexity index is 707. The largest absolute Gasteiger partial charge is 0.484 e. The predicted octanol–water partition coefficient (Wildman–Crippen LogP) is 5.18. The van der Waals surface area contributed by atoms with Gasteiger partial charge in [0, 0.05) is 22.7 Å². The van der Waals surface area contributed by atoms with Crippen LogP contribution in [0.1, 0.15) is 24.3 Å². The van der Waals surface area contributed by atoms with Crippen molar-refractivity contribution in [2.45, 2.75) is 25.5 Å². The molecule has 0 aliphatic carbocycles. The van der Waals surface area contributed by atoms with Crippen molar-refractivity contribution in [2.24, 2.45) is 5.73 Å². The summed E-state index contributed by atoms with van der Waals surface area (Å²) in [5, 5.41) is 4.42. The van der Waals surface area contributed by atoms with Gasteiger partial charge in [-0.25, -0.2) is 0 Å². The summed E-state index contributed by atoms with van der Waals surface area (Å²) >= 11 is 1.72. The number of hydrogen-bond donors (Lipinski definition) is 1. The van der Waals surface area contributed by atoms with Crippen molar-refractivity contribution in [1.82, 2.24) is 0 Å². The highest BCUT2D eigenvalue weighted by Gasteiger charge is 2.17. The van der Waals surface area contributed by atoms with Gasteiger partial charge < -0.3 is 10.5 Å². The Balaban J connectivity index is 0.00000176. The van der Waals surface area contributed by atoms with E-state index in [9.17, 15) is 0 Å². The monoisotopic (exact) mass is 333 g/mol. The van der Waals surface area contributed by atoms with Gasteiger partial charge in [-0.1, -0.05) is 42.5 Å². The maximum Gasteiger partial charge on any atom is 0.134 e. The molecule has 0 spiro atoms. The van der Waals surface area contributed by atoms with E-state index >= 15 is 0 Å². The van der Waals surface area contributed by atoms with Gasteiger partial charge in [-0.3, -0.25) is 0 Å². The van der Waals surface area contributed by atoms with E-state index in [0.29, 0.717) is 0 Å². The van der Waals surface area contributed by atoms with E-state index in [1.807, 2.05) is 31.2 Å². The quantitative estimate of drug-likeness (QED) is 0.698. The molecule has 2 atom stereocenters. The average molecular weight is 334 g/mol. The van der Waals surface area contributed by atoms with Crippen molar-refractivity contribution in [2.75, 3.05) is 0 Å². The van der Waals surface area contributed by atoms with Crippen LogP contribution in [0.5, 0.6) is 5.75 Å². The van der Waals surface area contributed by atoms with Gasteiger partial charge in [0.25, 0.3) is 0 Å². The SMILES string of the molecule is CC(N)CC(Oc1cccc2ccccc12)c1cccs1.Cl. The molecule has 3 aromatic rings. The standard InChI is InChI=1S/C18H19NOS.ClH/c1-13(19)12-17(18-10-5-11-21-18)20-16-9-4-7-14-6-2-3-8-15(14)16;/h2-11,13,17H,12,19H2,1H3;1H. The summed E-state index contributed by atoms with van der Waals surface area (Å²) in [4.78, 5) is 1.22. The molecule has 2 nitrogen and oxygen atoms in total. The van der Waals surface area contributed by atoms with E-state index in [0.717, 1.165) is 17.6 Å². The van der Waals surface area contributed by atoms with Crippen LogP contribution < -0.4 is 10.5 Å². The highest BCUT2D eigenvalue weighted by Crippen LogP contribution is 2.33. The third-order valence-corrected chi connectivity index (χ3v) is 4.43. The number of nitrogens with two attached hydrogens (primary N) is 1. The molecule has 2 aromatic carbocycles. The number of thiophene rings is 1. The van der Waals surface area contributed by atoms with Crippen molar-refractivity contribution in [3.05, 3.63) is 64.9 Å². The molecule has 22 heavy (non-hydrogen) atoms. The molecule has 116 valence electrons. The van der Waals surface area contributed by atoms with Crippen LogP contribution in [0.3, 0.4) is 0 Å². The van der Waals surface area contributed by atoms with E-state index < -0.39 is 0 Å². The number of fused-ring (bicyclic) bond motifs is 1. The van der Waals surface area contributed by atoms with Gasteiger partial charge in [-0.05, 0) is 29.8 Å². The van der Waals surface area contributed by atoms with Crippen LogP contribution in [-0.2, 0) is 0 Å². The number of rotatable bonds is 5. The van der Waals surface area contributed by atoms with E-state index in [1.54, 1.807) is 11.3 Å². The Labute approximate surface area is 141 Å². The van der Waals surface area contributed by atoms with E-state index in [2.05, 4.69) is 35.7 Å². The molecule has 1 heterocycles. The maximum absolute atomic E-state index is 6.31. The average Bonchev–Trinajstić information content (AvgIpc) is 3.01. The second kappa shape index (κ2) is 7.63. The fourth-order valence-corrected chi connectivity index (χ4v) is 3.25.